The van der Waals surface area contributed by atoms with E-state index in [4.69, 9.17) is 5.10 Å². The van der Waals surface area contributed by atoms with E-state index in [2.05, 4.69) is 67.4 Å². The van der Waals surface area contributed by atoms with Crippen LogP contribution in [0.3, 0.4) is 0 Å². The lowest BCUT2D eigenvalue weighted by Gasteiger charge is -2.21. The fourth-order valence-electron chi connectivity index (χ4n) is 3.40. The molecule has 1 atom stereocenters. The molecule has 1 fully saturated rings. The summed E-state index contributed by atoms with van der Waals surface area (Å²) in [7, 11) is 0. The highest BCUT2D eigenvalue weighted by molar-refractivity contribution is 5.34. The Labute approximate surface area is 133 Å². The van der Waals surface area contributed by atoms with Gasteiger partial charge in [-0.25, -0.2) is 0 Å². The molecule has 0 spiro atoms. The molecular weight excluding hydrogens is 272 g/mol. The van der Waals surface area contributed by atoms with Gasteiger partial charge in [0.2, 0.25) is 0 Å². The molecule has 1 saturated heterocycles. The zero-order valence-electron chi connectivity index (χ0n) is 14.5. The zero-order chi connectivity index (χ0) is 15.9. The van der Waals surface area contributed by atoms with Crippen molar-refractivity contribution >= 4 is 0 Å². The van der Waals surface area contributed by atoms with Gasteiger partial charge in [0.1, 0.15) is 0 Å². The first-order valence-corrected chi connectivity index (χ1v) is 8.30. The Bertz CT molecular complexity index is 632. The molecule has 0 unspecified atom stereocenters. The Morgan fingerprint density at radius 2 is 1.91 bits per heavy atom. The minimum atomic E-state index is 0.103. The molecule has 3 heterocycles. The van der Waals surface area contributed by atoms with E-state index in [9.17, 15) is 0 Å². The van der Waals surface area contributed by atoms with Crippen LogP contribution >= 0.6 is 0 Å². The average Bonchev–Trinajstić information content (AvgIpc) is 3.11. The highest BCUT2D eigenvalue weighted by Gasteiger charge is 2.25. The van der Waals surface area contributed by atoms with Gasteiger partial charge in [-0.05, 0) is 51.4 Å². The van der Waals surface area contributed by atoms with Crippen molar-refractivity contribution in [3.8, 4) is 5.82 Å². The molecule has 22 heavy (non-hydrogen) atoms. The molecule has 120 valence electrons. The fraction of sp³-hybridized carbons (Fsp3) is 0.611. The minimum Gasteiger partial charge on any atom is -0.316 e. The molecule has 0 saturated carbocycles. The largest absolute Gasteiger partial charge is 0.316 e. The maximum absolute atomic E-state index is 4.96. The molecular formula is C18H28N4. The topological polar surface area (TPSA) is 34.8 Å². The summed E-state index contributed by atoms with van der Waals surface area (Å²) in [6.07, 6.45) is 1.25. The molecule has 2 aromatic heterocycles. The third-order valence-corrected chi connectivity index (χ3v) is 4.63. The van der Waals surface area contributed by atoms with Crippen LogP contribution in [-0.4, -0.2) is 27.4 Å². The van der Waals surface area contributed by atoms with Crippen LogP contribution in [0.2, 0.25) is 0 Å². The molecule has 0 radical (unpaired) electrons. The maximum Gasteiger partial charge on any atom is 0.159 e. The highest BCUT2D eigenvalue weighted by atomic mass is 15.3. The Hall–Kier alpha value is -1.55. The van der Waals surface area contributed by atoms with E-state index in [1.807, 2.05) is 0 Å². The normalized spacial score (nSPS) is 19.0. The zero-order valence-corrected chi connectivity index (χ0v) is 14.5. The number of aryl methyl sites for hydroxylation is 2. The van der Waals surface area contributed by atoms with Crippen LogP contribution in [0.25, 0.3) is 5.82 Å². The van der Waals surface area contributed by atoms with Crippen molar-refractivity contribution in [2.45, 2.75) is 53.0 Å². The van der Waals surface area contributed by atoms with E-state index >= 15 is 0 Å². The molecule has 1 N–H and O–H groups in total. The van der Waals surface area contributed by atoms with Crippen molar-refractivity contribution < 1.29 is 0 Å². The van der Waals surface area contributed by atoms with Gasteiger partial charge >= 0.3 is 0 Å². The fourth-order valence-corrected chi connectivity index (χ4v) is 3.40. The quantitative estimate of drug-likeness (QED) is 0.944. The van der Waals surface area contributed by atoms with E-state index in [-0.39, 0.29) is 5.41 Å². The van der Waals surface area contributed by atoms with Crippen LogP contribution in [0.4, 0.5) is 0 Å². The standard InChI is InChI=1S/C18H28N4/c1-13-6-7-14(2)22(13)17-10-16(18(3,4)5)21(20-17)12-15-8-9-19-11-15/h6-7,10,15,19H,8-9,11-12H2,1-5H3/t15-/m0/s1. The molecule has 2 aromatic rings. The van der Waals surface area contributed by atoms with Crippen LogP contribution in [0.5, 0.6) is 0 Å². The Morgan fingerprint density at radius 3 is 2.45 bits per heavy atom. The SMILES string of the molecule is Cc1ccc(C)n1-c1cc(C(C)(C)C)n(C[C@H]2CCNC2)n1. The second kappa shape index (κ2) is 5.58. The van der Waals surface area contributed by atoms with Crippen LogP contribution in [0, 0.1) is 19.8 Å². The Morgan fingerprint density at radius 1 is 1.23 bits per heavy atom. The summed E-state index contributed by atoms with van der Waals surface area (Å²) in [6.45, 7) is 14.4. The predicted octanol–water partition coefficient (Wildman–Crippen LogP) is 3.20. The molecule has 0 bridgehead atoms. The first-order valence-electron chi connectivity index (χ1n) is 8.30. The third kappa shape index (κ3) is 2.84. The van der Waals surface area contributed by atoms with Crippen molar-refractivity contribution in [2.24, 2.45) is 5.92 Å². The molecule has 4 heteroatoms. The van der Waals surface area contributed by atoms with Gasteiger partial charge in [0.05, 0.1) is 0 Å². The predicted molar refractivity (Wildman–Crippen MR) is 90.7 cm³/mol. The van der Waals surface area contributed by atoms with Gasteiger partial charge in [-0.2, -0.15) is 5.10 Å². The minimum absolute atomic E-state index is 0.103. The van der Waals surface area contributed by atoms with Crippen LogP contribution in [-0.2, 0) is 12.0 Å². The van der Waals surface area contributed by atoms with E-state index < -0.39 is 0 Å². The molecule has 3 rings (SSSR count). The van der Waals surface area contributed by atoms with E-state index in [0.717, 1.165) is 25.5 Å². The monoisotopic (exact) mass is 300 g/mol. The Balaban J connectivity index is 2.01. The summed E-state index contributed by atoms with van der Waals surface area (Å²) in [5.74, 6) is 1.75. The average molecular weight is 300 g/mol. The van der Waals surface area contributed by atoms with Gasteiger partial charge in [-0.15, -0.1) is 0 Å². The number of hydrogen-bond acceptors (Lipinski definition) is 2. The Kier molecular flexibility index (Phi) is 3.89. The highest BCUT2D eigenvalue weighted by Crippen LogP contribution is 2.27. The molecule has 0 aliphatic carbocycles. The lowest BCUT2D eigenvalue weighted by atomic mass is 9.92. The molecule has 0 amide bonds. The summed E-state index contributed by atoms with van der Waals surface area (Å²) >= 11 is 0. The van der Waals surface area contributed by atoms with Gasteiger partial charge in [-0.1, -0.05) is 20.8 Å². The number of rotatable bonds is 3. The van der Waals surface area contributed by atoms with Gasteiger partial charge < -0.3 is 9.88 Å². The first kappa shape index (κ1) is 15.3. The lowest BCUT2D eigenvalue weighted by molar-refractivity contribution is 0.408. The van der Waals surface area contributed by atoms with E-state index in [1.54, 1.807) is 0 Å². The second-order valence-corrected chi connectivity index (χ2v) is 7.63. The molecule has 1 aliphatic heterocycles. The summed E-state index contributed by atoms with van der Waals surface area (Å²) < 4.78 is 4.49. The van der Waals surface area contributed by atoms with Crippen molar-refractivity contribution in [1.82, 2.24) is 19.7 Å². The van der Waals surface area contributed by atoms with Gasteiger partial charge in [0.25, 0.3) is 0 Å². The number of aromatic nitrogens is 3. The smallest absolute Gasteiger partial charge is 0.159 e. The maximum atomic E-state index is 4.96. The van der Waals surface area contributed by atoms with Crippen molar-refractivity contribution in [2.75, 3.05) is 13.1 Å². The van der Waals surface area contributed by atoms with E-state index in [1.165, 1.54) is 23.5 Å². The summed E-state index contributed by atoms with van der Waals surface area (Å²) in [5.41, 5.74) is 3.91. The summed E-state index contributed by atoms with van der Waals surface area (Å²) in [5, 5.41) is 8.41. The van der Waals surface area contributed by atoms with Crippen LogP contribution in [0.1, 0.15) is 44.3 Å². The summed E-state index contributed by atoms with van der Waals surface area (Å²) in [4.78, 5) is 0. The van der Waals surface area contributed by atoms with Gasteiger partial charge in [0.15, 0.2) is 5.82 Å². The molecule has 1 aliphatic rings. The molecule has 0 aromatic carbocycles. The molecule has 4 nitrogen and oxygen atoms in total. The van der Waals surface area contributed by atoms with Crippen LogP contribution in [0.15, 0.2) is 18.2 Å². The van der Waals surface area contributed by atoms with Crippen molar-refractivity contribution in [1.29, 1.82) is 0 Å². The second-order valence-electron chi connectivity index (χ2n) is 7.63. The lowest BCUT2D eigenvalue weighted by Crippen LogP contribution is -2.22. The van der Waals surface area contributed by atoms with Gasteiger partial charge in [-0.3, -0.25) is 4.68 Å². The number of hydrogen-bond donors (Lipinski definition) is 1. The first-order chi connectivity index (χ1) is 10.4. The number of nitrogens with zero attached hydrogens (tertiary/aromatic N) is 3. The van der Waals surface area contributed by atoms with Crippen LogP contribution < -0.4 is 5.32 Å². The van der Waals surface area contributed by atoms with Gasteiger partial charge in [0, 0.05) is 35.1 Å². The van der Waals surface area contributed by atoms with Crippen molar-refractivity contribution in [3.05, 3.63) is 35.3 Å². The van der Waals surface area contributed by atoms with E-state index in [0.29, 0.717) is 5.92 Å². The van der Waals surface area contributed by atoms with Crippen molar-refractivity contribution in [3.63, 3.8) is 0 Å². The number of nitrogens with one attached hydrogen (secondary N) is 1. The third-order valence-electron chi connectivity index (χ3n) is 4.63. The summed E-state index contributed by atoms with van der Waals surface area (Å²) in [6, 6.07) is 6.58.